The van der Waals surface area contributed by atoms with Crippen molar-refractivity contribution in [3.63, 3.8) is 0 Å². The molecular formula is C27H25N3O2. The highest BCUT2D eigenvalue weighted by molar-refractivity contribution is 5.84. The number of Topliss-reactive ketones (excluding diaryl/α,β-unsaturated/α-hetero) is 1. The van der Waals surface area contributed by atoms with Crippen LogP contribution in [0.5, 0.6) is 0 Å². The van der Waals surface area contributed by atoms with Gasteiger partial charge in [0.1, 0.15) is 11.6 Å². The Labute approximate surface area is 187 Å². The van der Waals surface area contributed by atoms with E-state index in [1.807, 2.05) is 54.7 Å². The number of ketones is 1. The number of ether oxygens (including phenoxy) is 1. The average Bonchev–Trinajstić information content (AvgIpc) is 2.85. The molecule has 0 unspecified atom stereocenters. The Morgan fingerprint density at radius 1 is 0.812 bits per heavy atom. The number of hydrogen-bond donors (Lipinski definition) is 0. The molecule has 32 heavy (non-hydrogen) atoms. The normalized spacial score (nSPS) is 13.9. The van der Waals surface area contributed by atoms with Crippen LogP contribution in [0.3, 0.4) is 0 Å². The Morgan fingerprint density at radius 2 is 1.50 bits per heavy atom. The molecule has 1 saturated heterocycles. The summed E-state index contributed by atoms with van der Waals surface area (Å²) in [5.41, 5.74) is 6.05. The molecule has 1 aliphatic heterocycles. The molecule has 0 saturated carbocycles. The Bertz CT molecular complexity index is 1220. The van der Waals surface area contributed by atoms with Crippen LogP contribution < -0.4 is 4.90 Å². The fraction of sp³-hybridized carbons (Fsp3) is 0.222. The second-order valence-corrected chi connectivity index (χ2v) is 8.11. The Balaban J connectivity index is 1.31. The van der Waals surface area contributed by atoms with E-state index in [0.717, 1.165) is 65.4 Å². The van der Waals surface area contributed by atoms with E-state index in [1.165, 1.54) is 0 Å². The Morgan fingerprint density at radius 3 is 2.25 bits per heavy atom. The summed E-state index contributed by atoms with van der Waals surface area (Å²) in [6, 6.07) is 24.3. The second kappa shape index (κ2) is 9.28. The van der Waals surface area contributed by atoms with Crippen LogP contribution in [0.15, 0.2) is 79.0 Å². The molecule has 4 aromatic rings. The second-order valence-electron chi connectivity index (χ2n) is 8.11. The molecule has 1 aliphatic rings. The van der Waals surface area contributed by atoms with Gasteiger partial charge in [-0.25, -0.2) is 4.98 Å². The minimum atomic E-state index is 0.223. The largest absolute Gasteiger partial charge is 0.378 e. The highest BCUT2D eigenvalue weighted by Gasteiger charge is 2.13. The summed E-state index contributed by atoms with van der Waals surface area (Å²) >= 11 is 0. The lowest BCUT2D eigenvalue weighted by molar-refractivity contribution is -0.117. The van der Waals surface area contributed by atoms with Crippen molar-refractivity contribution in [3.05, 3.63) is 90.1 Å². The number of fused-ring (bicyclic) bond motifs is 1. The van der Waals surface area contributed by atoms with Crippen LogP contribution in [0.1, 0.15) is 11.1 Å². The van der Waals surface area contributed by atoms with Crippen LogP contribution in [-0.4, -0.2) is 42.1 Å². The predicted octanol–water partition coefficient (Wildman–Crippen LogP) is 4.49. The Hall–Kier alpha value is -3.57. The number of rotatable bonds is 6. The van der Waals surface area contributed by atoms with E-state index in [-0.39, 0.29) is 5.78 Å². The fourth-order valence-corrected chi connectivity index (χ4v) is 4.05. The highest BCUT2D eigenvalue weighted by Crippen LogP contribution is 2.25. The lowest BCUT2D eigenvalue weighted by Crippen LogP contribution is -2.36. The zero-order valence-corrected chi connectivity index (χ0v) is 17.9. The van der Waals surface area contributed by atoms with E-state index in [4.69, 9.17) is 9.72 Å². The van der Waals surface area contributed by atoms with Crippen molar-refractivity contribution >= 4 is 22.6 Å². The van der Waals surface area contributed by atoms with Gasteiger partial charge in [-0.2, -0.15) is 0 Å². The van der Waals surface area contributed by atoms with E-state index < -0.39 is 0 Å². The van der Waals surface area contributed by atoms with Crippen LogP contribution in [0, 0.1) is 0 Å². The van der Waals surface area contributed by atoms with Crippen LogP contribution in [0.25, 0.3) is 22.2 Å². The lowest BCUT2D eigenvalue weighted by atomic mass is 9.99. The predicted molar refractivity (Wildman–Crippen MR) is 127 cm³/mol. The van der Waals surface area contributed by atoms with Crippen LogP contribution >= 0.6 is 0 Å². The van der Waals surface area contributed by atoms with Gasteiger partial charge in [0.25, 0.3) is 0 Å². The minimum absolute atomic E-state index is 0.223. The third-order valence-electron chi connectivity index (χ3n) is 5.80. The molecule has 0 spiro atoms. The molecular weight excluding hydrogens is 398 g/mol. The van der Waals surface area contributed by atoms with Crippen molar-refractivity contribution < 1.29 is 9.53 Å². The molecule has 0 atom stereocenters. The molecule has 1 aromatic heterocycles. The standard InChI is InChI=1S/C27H25N3O2/c31-24(16-20-4-2-1-3-5-20)17-21-6-8-22(9-7-21)23-10-11-25-26(18-23)29-27(19-28-25)30-12-14-32-15-13-30/h1-11,18-19H,12-17H2. The molecule has 160 valence electrons. The molecule has 0 bridgehead atoms. The average molecular weight is 424 g/mol. The number of hydrogen-bond acceptors (Lipinski definition) is 5. The first-order valence-corrected chi connectivity index (χ1v) is 11.0. The maximum atomic E-state index is 12.4. The van der Waals surface area contributed by atoms with Gasteiger partial charge in [0.05, 0.1) is 30.4 Å². The van der Waals surface area contributed by atoms with E-state index in [2.05, 4.69) is 34.1 Å². The lowest BCUT2D eigenvalue weighted by Gasteiger charge is -2.27. The zero-order valence-electron chi connectivity index (χ0n) is 17.9. The molecule has 5 rings (SSSR count). The maximum Gasteiger partial charge on any atom is 0.148 e. The first-order chi connectivity index (χ1) is 15.7. The van der Waals surface area contributed by atoms with E-state index in [9.17, 15) is 4.79 Å². The molecule has 5 nitrogen and oxygen atoms in total. The summed E-state index contributed by atoms with van der Waals surface area (Å²) in [5, 5.41) is 0. The van der Waals surface area contributed by atoms with E-state index in [0.29, 0.717) is 12.8 Å². The number of carbonyl (C=O) groups is 1. The van der Waals surface area contributed by atoms with E-state index in [1.54, 1.807) is 0 Å². The smallest absolute Gasteiger partial charge is 0.148 e. The first-order valence-electron chi connectivity index (χ1n) is 11.0. The van der Waals surface area contributed by atoms with Crippen molar-refractivity contribution in [3.8, 4) is 11.1 Å². The van der Waals surface area contributed by atoms with Gasteiger partial charge >= 0.3 is 0 Å². The van der Waals surface area contributed by atoms with Gasteiger partial charge in [0.2, 0.25) is 0 Å². The van der Waals surface area contributed by atoms with E-state index >= 15 is 0 Å². The van der Waals surface area contributed by atoms with Gasteiger partial charge < -0.3 is 9.64 Å². The molecule has 0 amide bonds. The SMILES string of the molecule is O=C(Cc1ccccc1)Cc1ccc(-c2ccc3ncc(N4CCOCC4)nc3c2)cc1. The van der Waals surface area contributed by atoms with Crippen molar-refractivity contribution in [1.29, 1.82) is 0 Å². The Kier molecular flexibility index (Phi) is 5.90. The summed E-state index contributed by atoms with van der Waals surface area (Å²) in [7, 11) is 0. The summed E-state index contributed by atoms with van der Waals surface area (Å²) in [5.74, 6) is 1.12. The van der Waals surface area contributed by atoms with Gasteiger partial charge in [-0.1, -0.05) is 60.7 Å². The molecule has 3 aromatic carbocycles. The van der Waals surface area contributed by atoms with Gasteiger partial charge in [-0.3, -0.25) is 9.78 Å². The number of nitrogens with zero attached hydrogens (tertiary/aromatic N) is 3. The molecule has 2 heterocycles. The molecule has 0 N–H and O–H groups in total. The number of morpholine rings is 1. The van der Waals surface area contributed by atoms with Crippen LogP contribution in [-0.2, 0) is 22.4 Å². The number of anilines is 1. The quantitative estimate of drug-likeness (QED) is 0.457. The van der Waals surface area contributed by atoms with Crippen molar-refractivity contribution in [2.75, 3.05) is 31.2 Å². The van der Waals surface area contributed by atoms with Gasteiger partial charge in [0.15, 0.2) is 0 Å². The van der Waals surface area contributed by atoms with Gasteiger partial charge in [0, 0.05) is 25.9 Å². The topological polar surface area (TPSA) is 55.3 Å². The van der Waals surface area contributed by atoms with Gasteiger partial charge in [-0.15, -0.1) is 0 Å². The molecule has 5 heteroatoms. The maximum absolute atomic E-state index is 12.4. The molecule has 0 radical (unpaired) electrons. The van der Waals surface area contributed by atoms with Crippen molar-refractivity contribution in [2.24, 2.45) is 0 Å². The van der Waals surface area contributed by atoms with Crippen LogP contribution in [0.2, 0.25) is 0 Å². The fourth-order valence-electron chi connectivity index (χ4n) is 4.05. The molecule has 1 fully saturated rings. The summed E-state index contributed by atoms with van der Waals surface area (Å²) in [6.07, 6.45) is 2.76. The third kappa shape index (κ3) is 4.68. The minimum Gasteiger partial charge on any atom is -0.378 e. The summed E-state index contributed by atoms with van der Waals surface area (Å²) in [6.45, 7) is 3.12. The van der Waals surface area contributed by atoms with Crippen LogP contribution in [0.4, 0.5) is 5.82 Å². The first kappa shape index (κ1) is 20.3. The third-order valence-corrected chi connectivity index (χ3v) is 5.80. The monoisotopic (exact) mass is 423 g/mol. The van der Waals surface area contributed by atoms with Crippen molar-refractivity contribution in [2.45, 2.75) is 12.8 Å². The van der Waals surface area contributed by atoms with Crippen molar-refractivity contribution in [1.82, 2.24) is 9.97 Å². The summed E-state index contributed by atoms with van der Waals surface area (Å²) in [4.78, 5) is 24.1. The number of aromatic nitrogens is 2. The number of carbonyl (C=O) groups excluding carboxylic acids is 1. The van der Waals surface area contributed by atoms with Gasteiger partial charge in [-0.05, 0) is 34.4 Å². The molecule has 0 aliphatic carbocycles. The zero-order chi connectivity index (χ0) is 21.8. The number of benzene rings is 3. The highest BCUT2D eigenvalue weighted by atomic mass is 16.5. The summed E-state index contributed by atoms with van der Waals surface area (Å²) < 4.78 is 5.44.